The first-order valence-electron chi connectivity index (χ1n) is 8.13. The van der Waals surface area contributed by atoms with Gasteiger partial charge in [-0.25, -0.2) is 8.42 Å². The Bertz CT molecular complexity index is 871. The summed E-state index contributed by atoms with van der Waals surface area (Å²) in [6.07, 6.45) is 3.10. The number of carbonyl (C=O) groups is 1. The molecule has 8 heteroatoms. The second-order valence-electron chi connectivity index (χ2n) is 5.29. The molecular weight excluding hydrogens is 372 g/mol. The van der Waals surface area contributed by atoms with Crippen LogP contribution in [-0.4, -0.2) is 38.8 Å². The summed E-state index contributed by atoms with van der Waals surface area (Å²) in [4.78, 5) is 13.2. The molecule has 0 fully saturated rings. The second kappa shape index (κ2) is 8.98. The third kappa shape index (κ3) is 4.72. The van der Waals surface area contributed by atoms with Crippen LogP contribution in [0.15, 0.2) is 46.7 Å². The lowest BCUT2D eigenvalue weighted by atomic mass is 10.3. The predicted octanol–water partition coefficient (Wildman–Crippen LogP) is 3.44. The molecule has 0 radical (unpaired) electrons. The minimum Gasteiger partial charge on any atom is -0.495 e. The summed E-state index contributed by atoms with van der Waals surface area (Å²) >= 11 is 1.52. The van der Waals surface area contributed by atoms with Crippen molar-refractivity contribution in [2.24, 2.45) is 0 Å². The van der Waals surface area contributed by atoms with E-state index in [1.165, 1.54) is 47.0 Å². The Kier molecular flexibility index (Phi) is 6.96. The smallest absolute Gasteiger partial charge is 0.248 e. The molecule has 1 amide bonds. The van der Waals surface area contributed by atoms with Crippen LogP contribution in [0.25, 0.3) is 6.08 Å². The molecule has 140 valence electrons. The van der Waals surface area contributed by atoms with Crippen LogP contribution in [-0.2, 0) is 14.8 Å². The van der Waals surface area contributed by atoms with Crippen molar-refractivity contribution in [2.75, 3.05) is 25.5 Å². The lowest BCUT2D eigenvalue weighted by Gasteiger charge is -2.19. The van der Waals surface area contributed by atoms with Gasteiger partial charge < -0.3 is 10.1 Å². The molecule has 0 spiro atoms. The molecule has 0 aliphatic carbocycles. The first-order valence-corrected chi connectivity index (χ1v) is 10.4. The van der Waals surface area contributed by atoms with E-state index in [1.54, 1.807) is 19.9 Å². The number of benzene rings is 1. The fourth-order valence-corrected chi connectivity index (χ4v) is 4.48. The van der Waals surface area contributed by atoms with Crippen molar-refractivity contribution in [3.63, 3.8) is 0 Å². The standard InChI is InChI=1S/C18H22N2O4S2/c1-4-20(5-2)26(22,23)15-9-10-17(24-3)16(13-15)19-18(21)11-8-14-7-6-12-25-14/h6-13H,4-5H2,1-3H3,(H,19,21)/b11-8+. The Labute approximate surface area is 158 Å². The number of anilines is 1. The van der Waals surface area contributed by atoms with Crippen LogP contribution in [0, 0.1) is 0 Å². The number of carbonyl (C=O) groups excluding carboxylic acids is 1. The molecule has 2 aromatic rings. The first-order chi connectivity index (χ1) is 12.4. The van der Waals surface area contributed by atoms with E-state index in [9.17, 15) is 13.2 Å². The highest BCUT2D eigenvalue weighted by atomic mass is 32.2. The number of hydrogen-bond donors (Lipinski definition) is 1. The minimum absolute atomic E-state index is 0.111. The third-order valence-corrected chi connectivity index (χ3v) is 6.60. The normalized spacial score (nSPS) is 11.8. The van der Waals surface area contributed by atoms with Gasteiger partial charge in [-0.3, -0.25) is 4.79 Å². The molecule has 0 saturated carbocycles. The molecule has 1 aromatic carbocycles. The fraction of sp³-hybridized carbons (Fsp3) is 0.278. The van der Waals surface area contributed by atoms with Crippen LogP contribution in [0.1, 0.15) is 18.7 Å². The van der Waals surface area contributed by atoms with Gasteiger partial charge in [-0.15, -0.1) is 11.3 Å². The van der Waals surface area contributed by atoms with E-state index in [4.69, 9.17) is 4.74 Å². The quantitative estimate of drug-likeness (QED) is 0.696. The van der Waals surface area contributed by atoms with Crippen molar-refractivity contribution in [1.29, 1.82) is 0 Å². The molecule has 1 N–H and O–H groups in total. The monoisotopic (exact) mass is 394 g/mol. The van der Waals surface area contributed by atoms with Crippen LogP contribution in [0.5, 0.6) is 5.75 Å². The zero-order valence-electron chi connectivity index (χ0n) is 14.9. The average Bonchev–Trinajstić information content (AvgIpc) is 3.14. The topological polar surface area (TPSA) is 75.7 Å². The summed E-state index contributed by atoms with van der Waals surface area (Å²) in [7, 11) is -2.16. The number of amides is 1. The molecule has 0 unspecified atom stereocenters. The number of nitrogens with zero attached hydrogens (tertiary/aromatic N) is 1. The molecule has 0 bridgehead atoms. The number of thiophene rings is 1. The zero-order chi connectivity index (χ0) is 19.2. The van der Waals surface area contributed by atoms with Gasteiger partial charge >= 0.3 is 0 Å². The predicted molar refractivity (Wildman–Crippen MR) is 105 cm³/mol. The summed E-state index contributed by atoms with van der Waals surface area (Å²) in [5.41, 5.74) is 0.307. The number of methoxy groups -OCH3 is 1. The fourth-order valence-electron chi connectivity index (χ4n) is 2.38. The summed E-state index contributed by atoms with van der Waals surface area (Å²) < 4.78 is 31.9. The van der Waals surface area contributed by atoms with Gasteiger partial charge in [0.25, 0.3) is 0 Å². The summed E-state index contributed by atoms with van der Waals surface area (Å²) in [6.45, 7) is 4.30. The van der Waals surface area contributed by atoms with Gasteiger partial charge in [-0.05, 0) is 35.7 Å². The molecule has 1 heterocycles. The van der Waals surface area contributed by atoms with E-state index in [0.29, 0.717) is 24.5 Å². The lowest BCUT2D eigenvalue weighted by molar-refractivity contribution is -0.111. The van der Waals surface area contributed by atoms with Crippen LogP contribution < -0.4 is 10.1 Å². The van der Waals surface area contributed by atoms with E-state index in [2.05, 4.69) is 5.32 Å². The lowest BCUT2D eigenvalue weighted by Crippen LogP contribution is -2.30. The maximum atomic E-state index is 12.7. The SMILES string of the molecule is CCN(CC)S(=O)(=O)c1ccc(OC)c(NC(=O)/C=C/c2cccs2)c1. The molecular formula is C18H22N2O4S2. The van der Waals surface area contributed by atoms with Crippen LogP contribution in [0.3, 0.4) is 0 Å². The molecule has 0 atom stereocenters. The zero-order valence-corrected chi connectivity index (χ0v) is 16.6. The van der Waals surface area contributed by atoms with Crippen LogP contribution in [0.4, 0.5) is 5.69 Å². The van der Waals surface area contributed by atoms with Crippen molar-refractivity contribution in [2.45, 2.75) is 18.7 Å². The summed E-state index contributed by atoms with van der Waals surface area (Å²) in [6, 6.07) is 8.22. The molecule has 26 heavy (non-hydrogen) atoms. The Balaban J connectivity index is 2.28. The molecule has 0 saturated heterocycles. The Morgan fingerprint density at radius 3 is 2.58 bits per heavy atom. The van der Waals surface area contributed by atoms with E-state index >= 15 is 0 Å². The van der Waals surface area contributed by atoms with E-state index in [0.717, 1.165) is 4.88 Å². The Hall–Kier alpha value is -2.16. The molecule has 1 aromatic heterocycles. The molecule has 0 aliphatic rings. The maximum absolute atomic E-state index is 12.7. The molecule has 2 rings (SSSR count). The average molecular weight is 395 g/mol. The molecule has 0 aliphatic heterocycles. The van der Waals surface area contributed by atoms with Crippen molar-refractivity contribution in [3.05, 3.63) is 46.7 Å². The first kappa shape index (κ1) is 20.2. The Morgan fingerprint density at radius 1 is 1.27 bits per heavy atom. The highest BCUT2D eigenvalue weighted by Crippen LogP contribution is 2.29. The summed E-state index contributed by atoms with van der Waals surface area (Å²) in [5.74, 6) is 0.0236. The number of rotatable bonds is 8. The Morgan fingerprint density at radius 2 is 2.00 bits per heavy atom. The third-order valence-electron chi connectivity index (χ3n) is 3.71. The number of nitrogens with one attached hydrogen (secondary N) is 1. The van der Waals surface area contributed by atoms with Crippen molar-refractivity contribution >= 4 is 39.0 Å². The van der Waals surface area contributed by atoms with E-state index in [-0.39, 0.29) is 10.8 Å². The van der Waals surface area contributed by atoms with E-state index < -0.39 is 10.0 Å². The number of ether oxygens (including phenoxy) is 1. The van der Waals surface area contributed by atoms with Gasteiger partial charge in [0.15, 0.2) is 0 Å². The van der Waals surface area contributed by atoms with Crippen molar-refractivity contribution in [1.82, 2.24) is 4.31 Å². The number of sulfonamides is 1. The second-order valence-corrected chi connectivity index (χ2v) is 8.21. The maximum Gasteiger partial charge on any atom is 0.248 e. The van der Waals surface area contributed by atoms with Gasteiger partial charge in [-0.2, -0.15) is 4.31 Å². The van der Waals surface area contributed by atoms with Gasteiger partial charge in [0.05, 0.1) is 17.7 Å². The van der Waals surface area contributed by atoms with Crippen LogP contribution in [0.2, 0.25) is 0 Å². The van der Waals surface area contributed by atoms with Crippen LogP contribution >= 0.6 is 11.3 Å². The minimum atomic E-state index is -3.62. The number of hydrogen-bond acceptors (Lipinski definition) is 5. The van der Waals surface area contributed by atoms with Gasteiger partial charge in [0.1, 0.15) is 5.75 Å². The summed E-state index contributed by atoms with van der Waals surface area (Å²) in [5, 5.41) is 4.60. The molecule has 6 nitrogen and oxygen atoms in total. The largest absolute Gasteiger partial charge is 0.495 e. The van der Waals surface area contributed by atoms with Crippen molar-refractivity contribution < 1.29 is 17.9 Å². The van der Waals surface area contributed by atoms with Gasteiger partial charge in [0.2, 0.25) is 15.9 Å². The highest BCUT2D eigenvalue weighted by Gasteiger charge is 2.23. The van der Waals surface area contributed by atoms with Crippen molar-refractivity contribution in [3.8, 4) is 5.75 Å². The van der Waals surface area contributed by atoms with Gasteiger partial charge in [0, 0.05) is 24.0 Å². The highest BCUT2D eigenvalue weighted by molar-refractivity contribution is 7.89. The van der Waals surface area contributed by atoms with E-state index in [1.807, 2.05) is 17.5 Å². The van der Waals surface area contributed by atoms with Gasteiger partial charge in [-0.1, -0.05) is 19.9 Å².